The van der Waals surface area contributed by atoms with Crippen LogP contribution in [0.4, 0.5) is 11.4 Å². The Morgan fingerprint density at radius 3 is 2.58 bits per heavy atom. The van der Waals surface area contributed by atoms with Gasteiger partial charge in [-0.15, -0.1) is 0 Å². The molecular weight excluding hydrogens is 348 g/mol. The van der Waals surface area contributed by atoms with Crippen molar-refractivity contribution in [1.29, 1.82) is 5.26 Å². The van der Waals surface area contributed by atoms with Gasteiger partial charge < -0.3 is 10.2 Å². The molecule has 0 unspecified atom stereocenters. The van der Waals surface area contributed by atoms with Crippen molar-refractivity contribution in [3.8, 4) is 6.07 Å². The van der Waals surface area contributed by atoms with Gasteiger partial charge in [0, 0.05) is 36.9 Å². The number of rotatable bonds is 4. The molecule has 0 saturated carbocycles. The minimum absolute atomic E-state index is 0.0936. The Morgan fingerprint density at radius 2 is 1.88 bits per heavy atom. The van der Waals surface area contributed by atoms with Crippen molar-refractivity contribution in [2.24, 2.45) is 0 Å². The number of hydrogen-bond acceptors (Lipinski definition) is 4. The Morgan fingerprint density at radius 1 is 1.15 bits per heavy atom. The Kier molecular flexibility index (Phi) is 5.77. The second-order valence-corrected chi connectivity index (χ2v) is 6.76. The van der Waals surface area contributed by atoms with Gasteiger partial charge in [0.1, 0.15) is 6.07 Å². The first-order valence-corrected chi connectivity index (χ1v) is 9.01. The number of benzene rings is 2. The van der Waals surface area contributed by atoms with Gasteiger partial charge in [-0.05, 0) is 37.3 Å². The van der Waals surface area contributed by atoms with Crippen LogP contribution in [0.3, 0.4) is 0 Å². The standard InChI is InChI=1S/C20H21ClN4O/c1-15(20(26)23-19-8-3-2-5-16(19)14-22)24-9-11-25(12-10-24)18-7-4-6-17(21)13-18/h2-8,13,15H,9-12H2,1H3,(H,23,26)/t15-/m1/s1. The Labute approximate surface area is 158 Å². The molecule has 1 aliphatic heterocycles. The summed E-state index contributed by atoms with van der Waals surface area (Å²) in [5.41, 5.74) is 2.14. The van der Waals surface area contributed by atoms with E-state index in [2.05, 4.69) is 27.3 Å². The summed E-state index contributed by atoms with van der Waals surface area (Å²) in [6, 6.07) is 16.7. The predicted octanol–water partition coefficient (Wildman–Crippen LogP) is 3.36. The van der Waals surface area contributed by atoms with Crippen LogP contribution in [0.15, 0.2) is 48.5 Å². The van der Waals surface area contributed by atoms with E-state index >= 15 is 0 Å². The van der Waals surface area contributed by atoms with Crippen LogP contribution in [0, 0.1) is 11.3 Å². The number of carbonyl (C=O) groups excluding carboxylic acids is 1. The number of nitrogens with one attached hydrogen (secondary N) is 1. The van der Waals surface area contributed by atoms with Crippen LogP contribution in [0.2, 0.25) is 5.02 Å². The van der Waals surface area contributed by atoms with Gasteiger partial charge in [0.2, 0.25) is 5.91 Å². The van der Waals surface area contributed by atoms with Crippen molar-refractivity contribution in [2.45, 2.75) is 13.0 Å². The maximum absolute atomic E-state index is 12.6. The van der Waals surface area contributed by atoms with E-state index in [0.29, 0.717) is 11.3 Å². The first-order valence-electron chi connectivity index (χ1n) is 8.63. The third-order valence-electron chi connectivity index (χ3n) is 4.72. The topological polar surface area (TPSA) is 59.4 Å². The minimum Gasteiger partial charge on any atom is -0.369 e. The van der Waals surface area contributed by atoms with Crippen molar-refractivity contribution in [1.82, 2.24) is 4.90 Å². The molecule has 2 aromatic carbocycles. The highest BCUT2D eigenvalue weighted by molar-refractivity contribution is 6.30. The van der Waals surface area contributed by atoms with E-state index < -0.39 is 0 Å². The first-order chi connectivity index (χ1) is 12.6. The van der Waals surface area contributed by atoms with E-state index in [4.69, 9.17) is 16.9 Å². The van der Waals surface area contributed by atoms with Crippen molar-refractivity contribution in [3.05, 3.63) is 59.1 Å². The van der Waals surface area contributed by atoms with Crippen LogP contribution >= 0.6 is 11.6 Å². The number of nitriles is 1. The highest BCUT2D eigenvalue weighted by Crippen LogP contribution is 2.21. The molecule has 26 heavy (non-hydrogen) atoms. The highest BCUT2D eigenvalue weighted by Gasteiger charge is 2.26. The number of hydrogen-bond donors (Lipinski definition) is 1. The Bertz CT molecular complexity index is 825. The van der Waals surface area contributed by atoms with Gasteiger partial charge in [0.25, 0.3) is 0 Å². The van der Waals surface area contributed by atoms with Crippen LogP contribution in [0.1, 0.15) is 12.5 Å². The number of nitrogens with zero attached hydrogens (tertiary/aromatic N) is 3. The van der Waals surface area contributed by atoms with Crippen LogP contribution in [0.5, 0.6) is 0 Å². The van der Waals surface area contributed by atoms with Gasteiger partial charge in [-0.2, -0.15) is 5.26 Å². The fourth-order valence-corrected chi connectivity index (χ4v) is 3.32. The smallest absolute Gasteiger partial charge is 0.241 e. The normalized spacial score (nSPS) is 16.0. The van der Waals surface area contributed by atoms with Crippen LogP contribution in [0.25, 0.3) is 0 Å². The lowest BCUT2D eigenvalue weighted by Crippen LogP contribution is -2.52. The van der Waals surface area contributed by atoms with Crippen LogP contribution < -0.4 is 10.2 Å². The second-order valence-electron chi connectivity index (χ2n) is 6.33. The largest absolute Gasteiger partial charge is 0.369 e. The zero-order chi connectivity index (χ0) is 18.5. The average Bonchev–Trinajstić information content (AvgIpc) is 2.68. The molecule has 1 saturated heterocycles. The fourth-order valence-electron chi connectivity index (χ4n) is 3.13. The molecule has 1 N–H and O–H groups in total. The third kappa shape index (κ3) is 4.16. The van der Waals surface area contributed by atoms with Crippen LogP contribution in [-0.4, -0.2) is 43.0 Å². The molecule has 134 valence electrons. The molecule has 5 nitrogen and oxygen atoms in total. The summed E-state index contributed by atoms with van der Waals surface area (Å²) in [6.45, 7) is 5.17. The molecule has 0 aliphatic carbocycles. The lowest BCUT2D eigenvalue weighted by Gasteiger charge is -2.38. The van der Waals surface area contributed by atoms with Gasteiger partial charge in [-0.25, -0.2) is 0 Å². The molecule has 2 aromatic rings. The first kappa shape index (κ1) is 18.2. The third-order valence-corrected chi connectivity index (χ3v) is 4.96. The van der Waals surface area contributed by atoms with E-state index in [1.165, 1.54) is 0 Å². The number of amides is 1. The van der Waals surface area contributed by atoms with Crippen molar-refractivity contribution in [2.75, 3.05) is 36.4 Å². The average molecular weight is 369 g/mol. The molecule has 6 heteroatoms. The monoisotopic (exact) mass is 368 g/mol. The SMILES string of the molecule is C[C@H](C(=O)Nc1ccccc1C#N)N1CCN(c2cccc(Cl)c2)CC1. The summed E-state index contributed by atoms with van der Waals surface area (Å²) >= 11 is 6.07. The number of para-hydroxylation sites is 1. The lowest BCUT2D eigenvalue weighted by molar-refractivity contribution is -0.120. The summed E-state index contributed by atoms with van der Waals surface area (Å²) in [5.74, 6) is -0.0936. The second kappa shape index (κ2) is 8.22. The van der Waals surface area contributed by atoms with E-state index in [1.807, 2.05) is 31.2 Å². The van der Waals surface area contributed by atoms with Gasteiger partial charge >= 0.3 is 0 Å². The molecule has 0 aromatic heterocycles. The minimum atomic E-state index is -0.261. The maximum Gasteiger partial charge on any atom is 0.241 e. The molecule has 0 bridgehead atoms. The van der Waals surface area contributed by atoms with E-state index in [9.17, 15) is 4.79 Å². The fraction of sp³-hybridized carbons (Fsp3) is 0.300. The number of anilines is 2. The number of carbonyl (C=O) groups is 1. The summed E-state index contributed by atoms with van der Waals surface area (Å²) in [5, 5.41) is 12.8. The van der Waals surface area contributed by atoms with Gasteiger partial charge in [0.15, 0.2) is 0 Å². The Hall–Kier alpha value is -2.55. The van der Waals surface area contributed by atoms with E-state index in [1.54, 1.807) is 18.2 Å². The number of piperazine rings is 1. The molecule has 3 rings (SSSR count). The molecule has 1 atom stereocenters. The van der Waals surface area contributed by atoms with Gasteiger partial charge in [-0.3, -0.25) is 9.69 Å². The summed E-state index contributed by atoms with van der Waals surface area (Å²) < 4.78 is 0. The van der Waals surface area contributed by atoms with Gasteiger partial charge in [0.05, 0.1) is 17.3 Å². The van der Waals surface area contributed by atoms with Crippen molar-refractivity contribution in [3.63, 3.8) is 0 Å². The summed E-state index contributed by atoms with van der Waals surface area (Å²) in [6.07, 6.45) is 0. The molecule has 0 radical (unpaired) electrons. The highest BCUT2D eigenvalue weighted by atomic mass is 35.5. The Balaban J connectivity index is 1.58. The van der Waals surface area contributed by atoms with E-state index in [0.717, 1.165) is 36.9 Å². The molecule has 1 amide bonds. The zero-order valence-electron chi connectivity index (χ0n) is 14.7. The molecular formula is C20H21ClN4O. The molecule has 1 heterocycles. The predicted molar refractivity (Wildman–Crippen MR) is 104 cm³/mol. The zero-order valence-corrected chi connectivity index (χ0v) is 15.4. The molecule has 1 aliphatic rings. The van der Waals surface area contributed by atoms with Crippen LogP contribution in [-0.2, 0) is 4.79 Å². The summed E-state index contributed by atoms with van der Waals surface area (Å²) in [4.78, 5) is 17.0. The van der Waals surface area contributed by atoms with E-state index in [-0.39, 0.29) is 11.9 Å². The molecule has 1 fully saturated rings. The van der Waals surface area contributed by atoms with Crippen molar-refractivity contribution < 1.29 is 4.79 Å². The van der Waals surface area contributed by atoms with Crippen molar-refractivity contribution >= 4 is 28.9 Å². The lowest BCUT2D eigenvalue weighted by atomic mass is 10.1. The summed E-state index contributed by atoms with van der Waals surface area (Å²) in [7, 11) is 0. The quantitative estimate of drug-likeness (QED) is 0.898. The van der Waals surface area contributed by atoms with Gasteiger partial charge in [-0.1, -0.05) is 29.8 Å². The number of halogens is 1. The molecule has 0 spiro atoms. The maximum atomic E-state index is 12.6.